The van der Waals surface area contributed by atoms with Crippen LogP contribution in [0.5, 0.6) is 11.5 Å². The summed E-state index contributed by atoms with van der Waals surface area (Å²) in [4.78, 5) is 0. The number of hydrogen-bond acceptors (Lipinski definition) is 3. The maximum Gasteiger partial charge on any atom is 0.126 e. The molecule has 1 aromatic rings. The van der Waals surface area contributed by atoms with Gasteiger partial charge in [0.2, 0.25) is 0 Å². The van der Waals surface area contributed by atoms with Gasteiger partial charge in [-0.2, -0.15) is 0 Å². The lowest BCUT2D eigenvalue weighted by atomic mass is 9.98. The predicted octanol–water partition coefficient (Wildman–Crippen LogP) is 1.46. The lowest BCUT2D eigenvalue weighted by molar-refractivity contribution is 0.354. The highest BCUT2D eigenvalue weighted by atomic mass is 16.5. The molecular weight excluding hydrogens is 190 g/mol. The summed E-state index contributed by atoms with van der Waals surface area (Å²) in [6, 6.07) is 3.77. The number of ether oxygens (including phenoxy) is 1. The van der Waals surface area contributed by atoms with Gasteiger partial charge in [0.15, 0.2) is 0 Å². The van der Waals surface area contributed by atoms with Crippen molar-refractivity contribution in [1.82, 2.24) is 0 Å². The minimum absolute atomic E-state index is 0.330. The van der Waals surface area contributed by atoms with Crippen molar-refractivity contribution in [1.29, 1.82) is 0 Å². The van der Waals surface area contributed by atoms with E-state index in [2.05, 4.69) is 6.92 Å². The van der Waals surface area contributed by atoms with E-state index in [-0.39, 0.29) is 0 Å². The Morgan fingerprint density at radius 2 is 2.33 bits per heavy atom. The van der Waals surface area contributed by atoms with Crippen LogP contribution < -0.4 is 10.5 Å². The molecular formula is C12H17NO2. The van der Waals surface area contributed by atoms with Crippen LogP contribution >= 0.6 is 0 Å². The third-order valence-electron chi connectivity index (χ3n) is 2.86. The second kappa shape index (κ2) is 4.11. The summed E-state index contributed by atoms with van der Waals surface area (Å²) in [6.45, 7) is 3.46. The fourth-order valence-corrected chi connectivity index (χ4v) is 1.89. The summed E-state index contributed by atoms with van der Waals surface area (Å²) < 4.78 is 5.38. The Morgan fingerprint density at radius 3 is 3.07 bits per heavy atom. The zero-order valence-electron chi connectivity index (χ0n) is 8.99. The fraction of sp³-hybridized carbons (Fsp3) is 0.500. The number of aromatic hydroxyl groups is 1. The van der Waals surface area contributed by atoms with Crippen molar-refractivity contribution in [3.8, 4) is 11.5 Å². The van der Waals surface area contributed by atoms with E-state index >= 15 is 0 Å². The Hall–Kier alpha value is -1.22. The van der Waals surface area contributed by atoms with Crippen LogP contribution in [0.25, 0.3) is 0 Å². The van der Waals surface area contributed by atoms with E-state index < -0.39 is 0 Å². The van der Waals surface area contributed by atoms with Crippen molar-refractivity contribution < 1.29 is 9.84 Å². The highest BCUT2D eigenvalue weighted by Gasteiger charge is 2.16. The molecule has 0 saturated heterocycles. The smallest absolute Gasteiger partial charge is 0.126 e. The first kappa shape index (κ1) is 10.3. The minimum atomic E-state index is 0.330. The van der Waals surface area contributed by atoms with Crippen LogP contribution in [0.3, 0.4) is 0 Å². The molecule has 0 aromatic heterocycles. The van der Waals surface area contributed by atoms with Crippen LogP contribution in [-0.2, 0) is 12.8 Å². The first-order valence-corrected chi connectivity index (χ1v) is 5.38. The highest BCUT2D eigenvalue weighted by molar-refractivity contribution is 5.47. The number of benzene rings is 1. The zero-order chi connectivity index (χ0) is 10.8. The average molecular weight is 207 g/mol. The Morgan fingerprint density at radius 1 is 1.53 bits per heavy atom. The molecule has 0 aliphatic carbocycles. The van der Waals surface area contributed by atoms with Gasteiger partial charge in [0.1, 0.15) is 11.5 Å². The second-order valence-corrected chi connectivity index (χ2v) is 4.23. The van der Waals surface area contributed by atoms with Crippen molar-refractivity contribution in [2.75, 3.05) is 13.2 Å². The molecule has 3 nitrogen and oxygen atoms in total. The molecule has 1 aromatic carbocycles. The van der Waals surface area contributed by atoms with Gasteiger partial charge >= 0.3 is 0 Å². The molecule has 1 aliphatic heterocycles. The van der Waals surface area contributed by atoms with Crippen molar-refractivity contribution >= 4 is 0 Å². The van der Waals surface area contributed by atoms with E-state index in [1.807, 2.05) is 6.07 Å². The first-order valence-electron chi connectivity index (χ1n) is 5.38. The van der Waals surface area contributed by atoms with Crippen LogP contribution in [0, 0.1) is 5.92 Å². The van der Waals surface area contributed by atoms with Gasteiger partial charge in [-0.25, -0.2) is 0 Å². The number of phenolic OH excluding ortho intramolecular Hbond substituents is 1. The van der Waals surface area contributed by atoms with Crippen molar-refractivity contribution in [2.24, 2.45) is 11.7 Å². The Labute approximate surface area is 89.9 Å². The van der Waals surface area contributed by atoms with Gasteiger partial charge in [-0.3, -0.25) is 0 Å². The summed E-state index contributed by atoms with van der Waals surface area (Å²) in [5.41, 5.74) is 7.76. The monoisotopic (exact) mass is 207 g/mol. The molecule has 0 radical (unpaired) electrons. The normalized spacial score (nSPS) is 15.9. The van der Waals surface area contributed by atoms with E-state index in [1.54, 1.807) is 6.07 Å². The molecule has 15 heavy (non-hydrogen) atoms. The van der Waals surface area contributed by atoms with Crippen molar-refractivity contribution in [2.45, 2.75) is 19.8 Å². The van der Waals surface area contributed by atoms with E-state index in [0.717, 1.165) is 30.8 Å². The molecule has 3 N–H and O–H groups in total. The van der Waals surface area contributed by atoms with Gasteiger partial charge in [-0.05, 0) is 36.1 Å². The number of fused-ring (bicyclic) bond motifs is 1. The maximum atomic E-state index is 9.80. The molecule has 1 atom stereocenters. The fourth-order valence-electron chi connectivity index (χ4n) is 1.89. The number of rotatable bonds is 3. The third-order valence-corrected chi connectivity index (χ3v) is 2.86. The quantitative estimate of drug-likeness (QED) is 0.789. The van der Waals surface area contributed by atoms with Crippen LogP contribution in [0.4, 0.5) is 0 Å². The summed E-state index contributed by atoms with van der Waals surface area (Å²) >= 11 is 0. The molecule has 0 amide bonds. The standard InChI is InChI=1S/C12H17NO2/c1-8(7-13)4-10-5-9-2-3-15-12(9)6-11(10)14/h5-6,8,14H,2-4,7,13H2,1H3. The molecule has 0 spiro atoms. The van der Waals surface area contributed by atoms with E-state index in [4.69, 9.17) is 10.5 Å². The van der Waals surface area contributed by atoms with Gasteiger partial charge in [0, 0.05) is 12.5 Å². The molecule has 2 rings (SSSR count). The Balaban J connectivity index is 2.24. The number of hydrogen-bond donors (Lipinski definition) is 2. The second-order valence-electron chi connectivity index (χ2n) is 4.23. The van der Waals surface area contributed by atoms with E-state index in [9.17, 15) is 5.11 Å². The largest absolute Gasteiger partial charge is 0.508 e. The van der Waals surface area contributed by atoms with Crippen molar-refractivity contribution in [3.05, 3.63) is 23.3 Å². The molecule has 1 heterocycles. The van der Waals surface area contributed by atoms with Crippen molar-refractivity contribution in [3.63, 3.8) is 0 Å². The number of nitrogens with two attached hydrogens (primary N) is 1. The summed E-state index contributed by atoms with van der Waals surface area (Å²) in [6.07, 6.45) is 1.77. The number of phenols is 1. The molecule has 1 unspecified atom stereocenters. The lowest BCUT2D eigenvalue weighted by Gasteiger charge is -2.11. The average Bonchev–Trinajstić information content (AvgIpc) is 2.65. The molecule has 1 aliphatic rings. The summed E-state index contributed by atoms with van der Waals surface area (Å²) in [5.74, 6) is 1.56. The van der Waals surface area contributed by atoms with Gasteiger partial charge in [-0.15, -0.1) is 0 Å². The van der Waals surface area contributed by atoms with Gasteiger partial charge < -0.3 is 15.6 Å². The summed E-state index contributed by atoms with van der Waals surface area (Å²) in [7, 11) is 0. The molecule has 0 saturated carbocycles. The summed E-state index contributed by atoms with van der Waals surface area (Å²) in [5, 5.41) is 9.80. The maximum absolute atomic E-state index is 9.80. The Bertz CT molecular complexity index is 363. The Kier molecular flexibility index (Phi) is 2.82. The van der Waals surface area contributed by atoms with Crippen LogP contribution in [0.2, 0.25) is 0 Å². The molecule has 82 valence electrons. The first-order chi connectivity index (χ1) is 7.20. The van der Waals surface area contributed by atoms with Gasteiger partial charge in [0.05, 0.1) is 6.61 Å². The molecule has 3 heteroatoms. The predicted molar refractivity (Wildman–Crippen MR) is 59.2 cm³/mol. The van der Waals surface area contributed by atoms with Crippen LogP contribution in [0.1, 0.15) is 18.1 Å². The van der Waals surface area contributed by atoms with Crippen LogP contribution in [-0.4, -0.2) is 18.3 Å². The highest BCUT2D eigenvalue weighted by Crippen LogP contribution is 2.33. The van der Waals surface area contributed by atoms with E-state index in [0.29, 0.717) is 18.2 Å². The third kappa shape index (κ3) is 2.07. The van der Waals surface area contributed by atoms with Gasteiger partial charge in [0.25, 0.3) is 0 Å². The SMILES string of the molecule is CC(CN)Cc1cc2c(cc1O)OCC2. The molecule has 0 fully saturated rings. The van der Waals surface area contributed by atoms with Crippen LogP contribution in [0.15, 0.2) is 12.1 Å². The zero-order valence-corrected chi connectivity index (χ0v) is 8.99. The lowest BCUT2D eigenvalue weighted by Crippen LogP contribution is -2.13. The molecule has 0 bridgehead atoms. The van der Waals surface area contributed by atoms with E-state index in [1.165, 1.54) is 5.56 Å². The van der Waals surface area contributed by atoms with Gasteiger partial charge in [-0.1, -0.05) is 6.92 Å². The minimum Gasteiger partial charge on any atom is -0.508 e. The topological polar surface area (TPSA) is 55.5 Å².